The molecule has 0 saturated heterocycles. The fourth-order valence-electron chi connectivity index (χ4n) is 17.4. The lowest BCUT2D eigenvalue weighted by Crippen LogP contribution is -1.94. The van der Waals surface area contributed by atoms with Crippen molar-refractivity contribution < 1.29 is 0 Å². The third-order valence-electron chi connectivity index (χ3n) is 22.6. The predicted octanol–water partition coefficient (Wildman–Crippen LogP) is 29.1. The van der Waals surface area contributed by atoms with Crippen molar-refractivity contribution in [2.24, 2.45) is 0 Å². The molecule has 0 aliphatic rings. The van der Waals surface area contributed by atoms with Gasteiger partial charge in [-0.25, -0.2) is 0 Å². The summed E-state index contributed by atoms with van der Waals surface area (Å²) in [7, 11) is 0. The van der Waals surface area contributed by atoms with Gasteiger partial charge in [0.1, 0.15) is 0 Å². The van der Waals surface area contributed by atoms with E-state index in [1.165, 1.54) is 176 Å². The molecule has 0 aliphatic carbocycles. The van der Waals surface area contributed by atoms with Crippen LogP contribution in [0.5, 0.6) is 0 Å². The van der Waals surface area contributed by atoms with Crippen LogP contribution in [0, 0.1) is 0 Å². The minimum Gasteiger partial charge on any atom is -0.309 e. The molecule has 4 heterocycles. The van der Waals surface area contributed by atoms with E-state index in [2.05, 4.69) is 455 Å². The third-order valence-corrected chi connectivity index (χ3v) is 22.6. The number of para-hydroxylation sites is 4. The zero-order valence-electron chi connectivity index (χ0n) is 61.4. The third kappa shape index (κ3) is 11.6. The molecular formula is C108H72N4. The van der Waals surface area contributed by atoms with Crippen LogP contribution in [0.4, 0.5) is 0 Å². The minimum absolute atomic E-state index is 1.16. The van der Waals surface area contributed by atoms with E-state index in [0.717, 1.165) is 22.7 Å². The van der Waals surface area contributed by atoms with E-state index in [9.17, 15) is 0 Å². The van der Waals surface area contributed by atoms with Gasteiger partial charge in [-0.1, -0.05) is 309 Å². The highest BCUT2D eigenvalue weighted by Crippen LogP contribution is 2.44. The molecule has 4 aromatic heterocycles. The number of nitrogens with zero attached hydrogens (tertiary/aromatic N) is 4. The number of aromatic nitrogens is 4. The van der Waals surface area contributed by atoms with Gasteiger partial charge in [0.2, 0.25) is 0 Å². The Morgan fingerprint density at radius 3 is 0.589 bits per heavy atom. The molecule has 0 unspecified atom stereocenters. The Labute approximate surface area is 649 Å². The quantitative estimate of drug-likeness (QED) is 0.116. The molecule has 112 heavy (non-hydrogen) atoms. The lowest BCUT2D eigenvalue weighted by molar-refractivity contribution is 1.18. The normalized spacial score (nSPS) is 11.6. The van der Waals surface area contributed by atoms with Gasteiger partial charge < -0.3 is 18.3 Å². The van der Waals surface area contributed by atoms with Gasteiger partial charge in [-0.2, -0.15) is 0 Å². The highest BCUT2D eigenvalue weighted by atomic mass is 15.0. The van der Waals surface area contributed by atoms with Gasteiger partial charge in [-0.3, -0.25) is 0 Å². The fraction of sp³-hybridized carbons (Fsp3) is 0. The monoisotopic (exact) mass is 1420 g/mol. The van der Waals surface area contributed by atoms with Crippen molar-refractivity contribution in [3.63, 3.8) is 0 Å². The van der Waals surface area contributed by atoms with Gasteiger partial charge in [0.25, 0.3) is 0 Å². The first kappa shape index (κ1) is 65.5. The lowest BCUT2D eigenvalue weighted by atomic mass is 9.93. The summed E-state index contributed by atoms with van der Waals surface area (Å²) in [5.41, 5.74) is 33.6. The van der Waals surface area contributed by atoms with Crippen LogP contribution in [0.15, 0.2) is 437 Å². The van der Waals surface area contributed by atoms with E-state index in [1.54, 1.807) is 0 Å². The largest absolute Gasteiger partial charge is 0.309 e. The van der Waals surface area contributed by atoms with Gasteiger partial charge in [0.05, 0.1) is 44.1 Å². The van der Waals surface area contributed by atoms with E-state index in [-0.39, 0.29) is 0 Å². The van der Waals surface area contributed by atoms with E-state index in [1.807, 2.05) is 0 Å². The number of benzene rings is 18. The first-order valence-electron chi connectivity index (χ1n) is 38.5. The Kier molecular flexibility index (Phi) is 16.2. The zero-order chi connectivity index (χ0) is 74.0. The molecule has 0 amide bonds. The molecule has 0 bridgehead atoms. The maximum Gasteiger partial charge on any atom is 0.0541 e. The van der Waals surface area contributed by atoms with Gasteiger partial charge in [-0.15, -0.1) is 0 Å². The lowest BCUT2D eigenvalue weighted by Gasteiger charge is -2.13. The molecule has 0 radical (unpaired) electrons. The highest BCUT2D eigenvalue weighted by molar-refractivity contribution is 6.15. The van der Waals surface area contributed by atoms with Crippen LogP contribution in [0.3, 0.4) is 0 Å². The topological polar surface area (TPSA) is 19.7 Å². The second-order valence-corrected chi connectivity index (χ2v) is 29.1. The first-order chi connectivity index (χ1) is 55.5. The van der Waals surface area contributed by atoms with Crippen LogP contribution in [0.2, 0.25) is 0 Å². The number of hydrogen-bond acceptors (Lipinski definition) is 0. The second kappa shape index (κ2) is 27.7. The van der Waals surface area contributed by atoms with Gasteiger partial charge in [-0.05, 0) is 216 Å². The number of rotatable bonds is 12. The van der Waals surface area contributed by atoms with Crippen LogP contribution in [-0.4, -0.2) is 18.3 Å². The summed E-state index contributed by atoms with van der Waals surface area (Å²) in [6.07, 6.45) is 0. The molecule has 4 nitrogen and oxygen atoms in total. The molecule has 0 saturated carbocycles. The van der Waals surface area contributed by atoms with E-state index in [0.29, 0.717) is 0 Å². The molecule has 22 aromatic rings. The van der Waals surface area contributed by atoms with Gasteiger partial charge in [0.15, 0.2) is 0 Å². The number of fused-ring (bicyclic) bond motifs is 12. The molecule has 0 fully saturated rings. The Hall–Kier alpha value is -14.8. The molecule has 22 rings (SSSR count). The molecule has 524 valence electrons. The first-order valence-corrected chi connectivity index (χ1v) is 38.5. The smallest absolute Gasteiger partial charge is 0.0541 e. The Bertz CT molecular complexity index is 6920. The predicted molar refractivity (Wildman–Crippen MR) is 474 cm³/mol. The van der Waals surface area contributed by atoms with Crippen LogP contribution in [0.1, 0.15) is 0 Å². The molecule has 0 aliphatic heterocycles. The summed E-state index contributed by atoms with van der Waals surface area (Å²) in [4.78, 5) is 0. The van der Waals surface area contributed by atoms with Crippen molar-refractivity contribution in [3.8, 4) is 112 Å². The standard InChI is InChI=1S/2C54H36N2/c1-3-14-37(15-4-1)41-20-12-22-45(33-41)55-51-26-9-7-24-47(51)49-35-43(28-30-53(49)55)39-18-11-19-40(32-39)44-29-31-54-50(36-44)48-25-8-10-27-52(48)56(54)46-23-13-21-42(34-46)38-16-5-2-6-17-38;1-3-15-37(16-4-1)39-19-13-21-43(33-39)55-51-27-11-9-25-47(51)49-35-41(29-31-53(49)55)45-23-7-8-24-46(45)42-30-32-54-50(36-42)48-26-10-12-28-52(48)56(54)44-22-14-20-40(34-44)38-17-5-2-6-18-38/h2*1-36H. The summed E-state index contributed by atoms with van der Waals surface area (Å²) in [6, 6.07) is 159. The number of hydrogen-bond donors (Lipinski definition) is 0. The van der Waals surface area contributed by atoms with Crippen molar-refractivity contribution in [3.05, 3.63) is 437 Å². The zero-order valence-corrected chi connectivity index (χ0v) is 61.4. The molecule has 0 spiro atoms. The molecule has 0 atom stereocenters. The van der Waals surface area contributed by atoms with Crippen molar-refractivity contribution >= 4 is 87.2 Å². The molecular weight excluding hydrogens is 1350 g/mol. The van der Waals surface area contributed by atoms with Crippen molar-refractivity contribution in [2.45, 2.75) is 0 Å². The summed E-state index contributed by atoms with van der Waals surface area (Å²) in [5.74, 6) is 0. The Morgan fingerprint density at radius 1 is 0.107 bits per heavy atom. The summed E-state index contributed by atoms with van der Waals surface area (Å²) >= 11 is 0. The van der Waals surface area contributed by atoms with E-state index in [4.69, 9.17) is 0 Å². The van der Waals surface area contributed by atoms with Crippen LogP contribution >= 0.6 is 0 Å². The molecule has 18 aromatic carbocycles. The van der Waals surface area contributed by atoms with E-state index < -0.39 is 0 Å². The van der Waals surface area contributed by atoms with Crippen molar-refractivity contribution in [1.82, 2.24) is 18.3 Å². The van der Waals surface area contributed by atoms with E-state index >= 15 is 0 Å². The average Bonchev–Trinajstić information content (AvgIpc) is 1.60. The Balaban J connectivity index is 0.000000141. The maximum absolute atomic E-state index is 2.41. The molecule has 4 heteroatoms. The van der Waals surface area contributed by atoms with Crippen LogP contribution in [-0.2, 0) is 0 Å². The van der Waals surface area contributed by atoms with Crippen molar-refractivity contribution in [2.75, 3.05) is 0 Å². The average molecular weight is 1430 g/mol. The van der Waals surface area contributed by atoms with Crippen LogP contribution < -0.4 is 0 Å². The highest BCUT2D eigenvalue weighted by Gasteiger charge is 2.21. The summed E-state index contributed by atoms with van der Waals surface area (Å²) in [5, 5.41) is 9.99. The summed E-state index contributed by atoms with van der Waals surface area (Å²) in [6.45, 7) is 0. The van der Waals surface area contributed by atoms with Gasteiger partial charge >= 0.3 is 0 Å². The summed E-state index contributed by atoms with van der Waals surface area (Å²) < 4.78 is 9.62. The second-order valence-electron chi connectivity index (χ2n) is 29.1. The SMILES string of the molecule is c1ccc(-c2cccc(-n3c4ccccc4c4cc(-c5cccc(-c6ccc7c(c6)c6ccccc6n7-c6cccc(-c7ccccc7)c6)c5)ccc43)c2)cc1.c1ccc(-c2cccc(-n3c4ccccc4c4cc(-c5ccccc5-c5ccc6c(c5)c5ccccc5n6-c5cccc(-c6ccccc6)c5)ccc43)c2)cc1. The maximum atomic E-state index is 2.41. The Morgan fingerprint density at radius 2 is 0.304 bits per heavy atom. The minimum atomic E-state index is 1.16. The van der Waals surface area contributed by atoms with Crippen LogP contribution in [0.25, 0.3) is 199 Å². The molecule has 0 N–H and O–H groups in total. The van der Waals surface area contributed by atoms with Crippen molar-refractivity contribution in [1.29, 1.82) is 0 Å². The fourth-order valence-corrected chi connectivity index (χ4v) is 17.4. The van der Waals surface area contributed by atoms with Gasteiger partial charge in [0, 0.05) is 65.8 Å².